The third-order valence-corrected chi connectivity index (χ3v) is 4.86. The van der Waals surface area contributed by atoms with Crippen molar-refractivity contribution in [2.75, 3.05) is 13.1 Å². The van der Waals surface area contributed by atoms with Crippen molar-refractivity contribution < 1.29 is 14.0 Å². The lowest BCUT2D eigenvalue weighted by Gasteiger charge is -2.41. The van der Waals surface area contributed by atoms with E-state index in [-0.39, 0.29) is 29.8 Å². The van der Waals surface area contributed by atoms with Gasteiger partial charge in [0.2, 0.25) is 5.91 Å². The molecular formula is C17H22FN3O2. The van der Waals surface area contributed by atoms with Crippen molar-refractivity contribution in [2.45, 2.75) is 44.8 Å². The molecule has 3 atom stereocenters. The Kier molecular flexibility index (Phi) is 4.24. The molecule has 0 bridgehead atoms. The van der Waals surface area contributed by atoms with Crippen LogP contribution in [0.1, 0.15) is 38.3 Å². The largest absolute Gasteiger partial charge is 0.336 e. The van der Waals surface area contributed by atoms with E-state index in [1.54, 1.807) is 24.0 Å². The lowest BCUT2D eigenvalue weighted by molar-refractivity contribution is -0.140. The van der Waals surface area contributed by atoms with Crippen LogP contribution in [0.2, 0.25) is 0 Å². The monoisotopic (exact) mass is 319 g/mol. The lowest BCUT2D eigenvalue weighted by Crippen LogP contribution is -2.61. The zero-order valence-corrected chi connectivity index (χ0v) is 13.5. The number of fused-ring (bicyclic) bond motifs is 1. The van der Waals surface area contributed by atoms with Gasteiger partial charge in [0.1, 0.15) is 11.9 Å². The summed E-state index contributed by atoms with van der Waals surface area (Å²) in [5.41, 5.74) is 0.832. The first kappa shape index (κ1) is 15.8. The van der Waals surface area contributed by atoms with Gasteiger partial charge in [-0.3, -0.25) is 4.79 Å². The number of benzene rings is 1. The van der Waals surface area contributed by atoms with Gasteiger partial charge in [-0.25, -0.2) is 9.18 Å². The van der Waals surface area contributed by atoms with E-state index in [1.807, 2.05) is 11.8 Å². The molecule has 0 aromatic heterocycles. The van der Waals surface area contributed by atoms with Crippen molar-refractivity contribution in [3.8, 4) is 0 Å². The molecule has 2 aliphatic heterocycles. The van der Waals surface area contributed by atoms with Crippen LogP contribution in [0.3, 0.4) is 0 Å². The number of carbonyl (C=O) groups excluding carboxylic acids is 2. The molecule has 0 spiro atoms. The number of nitrogens with zero attached hydrogens (tertiary/aromatic N) is 2. The summed E-state index contributed by atoms with van der Waals surface area (Å²) >= 11 is 0. The van der Waals surface area contributed by atoms with Gasteiger partial charge in [-0.1, -0.05) is 12.1 Å². The molecule has 1 aromatic carbocycles. The van der Waals surface area contributed by atoms with Crippen LogP contribution in [-0.2, 0) is 4.79 Å². The number of amides is 3. The minimum Gasteiger partial charge on any atom is -0.336 e. The summed E-state index contributed by atoms with van der Waals surface area (Å²) in [6.07, 6.45) is 1.96. The second kappa shape index (κ2) is 6.18. The topological polar surface area (TPSA) is 52.7 Å². The van der Waals surface area contributed by atoms with Crippen LogP contribution in [0, 0.1) is 5.82 Å². The van der Waals surface area contributed by atoms with Crippen molar-refractivity contribution in [2.24, 2.45) is 0 Å². The van der Waals surface area contributed by atoms with Gasteiger partial charge in [-0.2, -0.15) is 0 Å². The van der Waals surface area contributed by atoms with Crippen LogP contribution in [-0.4, -0.2) is 46.9 Å². The third kappa shape index (κ3) is 3.02. The van der Waals surface area contributed by atoms with E-state index in [2.05, 4.69) is 5.32 Å². The van der Waals surface area contributed by atoms with Crippen LogP contribution in [0.25, 0.3) is 0 Å². The van der Waals surface area contributed by atoms with Gasteiger partial charge in [0.25, 0.3) is 0 Å². The highest BCUT2D eigenvalue weighted by molar-refractivity contribution is 5.88. The van der Waals surface area contributed by atoms with Gasteiger partial charge in [0, 0.05) is 19.1 Å². The van der Waals surface area contributed by atoms with Gasteiger partial charge in [-0.05, 0) is 44.4 Å². The average molecular weight is 319 g/mol. The Bertz CT molecular complexity index is 604. The molecule has 2 aliphatic rings. The maximum atomic E-state index is 13.0. The fraction of sp³-hybridized carbons (Fsp3) is 0.529. The number of piperazine rings is 1. The van der Waals surface area contributed by atoms with E-state index < -0.39 is 6.04 Å². The van der Waals surface area contributed by atoms with E-state index in [4.69, 9.17) is 0 Å². The number of rotatable bonds is 2. The van der Waals surface area contributed by atoms with Crippen molar-refractivity contribution in [1.29, 1.82) is 0 Å². The van der Waals surface area contributed by atoms with Crippen LogP contribution in [0.5, 0.6) is 0 Å². The Morgan fingerprint density at radius 2 is 2.04 bits per heavy atom. The summed E-state index contributed by atoms with van der Waals surface area (Å²) in [6, 6.07) is 5.28. The van der Waals surface area contributed by atoms with E-state index >= 15 is 0 Å². The number of nitrogens with one attached hydrogen (secondary N) is 1. The second-order valence-corrected chi connectivity index (χ2v) is 6.38. The highest BCUT2D eigenvalue weighted by atomic mass is 19.1. The molecule has 2 fully saturated rings. The van der Waals surface area contributed by atoms with Gasteiger partial charge in [0.05, 0.1) is 6.04 Å². The molecule has 2 heterocycles. The molecule has 3 amide bonds. The summed E-state index contributed by atoms with van der Waals surface area (Å²) in [5.74, 6) is -0.271. The van der Waals surface area contributed by atoms with Crippen molar-refractivity contribution in [1.82, 2.24) is 15.1 Å². The van der Waals surface area contributed by atoms with Crippen molar-refractivity contribution >= 4 is 11.9 Å². The first-order valence-electron chi connectivity index (χ1n) is 8.10. The van der Waals surface area contributed by atoms with Crippen molar-refractivity contribution in [3.63, 3.8) is 0 Å². The zero-order valence-electron chi connectivity index (χ0n) is 13.5. The summed E-state index contributed by atoms with van der Waals surface area (Å²) < 4.78 is 13.0. The highest BCUT2D eigenvalue weighted by Crippen LogP contribution is 2.26. The SMILES string of the molecule is C[C@H](NC(=O)N1C[C@@H]2CCCN2C(=O)[C@H]1C)c1ccc(F)cc1. The molecule has 5 nitrogen and oxygen atoms in total. The Hall–Kier alpha value is -2.11. The second-order valence-electron chi connectivity index (χ2n) is 6.38. The Labute approximate surface area is 135 Å². The predicted octanol–water partition coefficient (Wildman–Crippen LogP) is 2.29. The number of carbonyl (C=O) groups is 2. The van der Waals surface area contributed by atoms with E-state index in [1.165, 1.54) is 12.1 Å². The summed E-state index contributed by atoms with van der Waals surface area (Å²) in [5, 5.41) is 2.91. The van der Waals surface area contributed by atoms with E-state index in [9.17, 15) is 14.0 Å². The van der Waals surface area contributed by atoms with Gasteiger partial charge >= 0.3 is 6.03 Å². The maximum Gasteiger partial charge on any atom is 0.318 e. The van der Waals surface area contributed by atoms with Crippen LogP contribution in [0.15, 0.2) is 24.3 Å². The Morgan fingerprint density at radius 1 is 1.35 bits per heavy atom. The fourth-order valence-corrected chi connectivity index (χ4v) is 3.44. The standard InChI is InChI=1S/C17H22FN3O2/c1-11(13-5-7-14(18)8-6-13)19-17(23)21-10-15-4-3-9-20(15)16(22)12(21)2/h5-8,11-12,15H,3-4,9-10H2,1-2H3,(H,19,23)/t11-,12+,15-/m0/s1. The first-order valence-corrected chi connectivity index (χ1v) is 8.10. The van der Waals surface area contributed by atoms with E-state index in [0.717, 1.165) is 24.9 Å². The van der Waals surface area contributed by atoms with Crippen LogP contribution >= 0.6 is 0 Å². The first-order chi connectivity index (χ1) is 11.0. The quantitative estimate of drug-likeness (QED) is 0.909. The average Bonchev–Trinajstić information content (AvgIpc) is 3.00. The maximum absolute atomic E-state index is 13.0. The van der Waals surface area contributed by atoms with Crippen LogP contribution in [0.4, 0.5) is 9.18 Å². The highest BCUT2D eigenvalue weighted by Gasteiger charge is 2.42. The molecule has 3 rings (SSSR count). The van der Waals surface area contributed by atoms with Crippen molar-refractivity contribution in [3.05, 3.63) is 35.6 Å². The van der Waals surface area contributed by atoms with Gasteiger partial charge in [0.15, 0.2) is 0 Å². The molecule has 0 radical (unpaired) electrons. The molecule has 0 aliphatic carbocycles. The molecule has 23 heavy (non-hydrogen) atoms. The lowest BCUT2D eigenvalue weighted by atomic mass is 10.1. The summed E-state index contributed by atoms with van der Waals surface area (Å²) in [6.45, 7) is 5.01. The van der Waals surface area contributed by atoms with Gasteiger partial charge < -0.3 is 15.1 Å². The molecule has 1 aromatic rings. The normalized spacial score (nSPS) is 25.3. The molecule has 0 unspecified atom stereocenters. The number of hydrogen-bond acceptors (Lipinski definition) is 2. The fourth-order valence-electron chi connectivity index (χ4n) is 3.44. The zero-order chi connectivity index (χ0) is 16.6. The van der Waals surface area contributed by atoms with Crippen LogP contribution < -0.4 is 5.32 Å². The number of urea groups is 1. The van der Waals surface area contributed by atoms with Gasteiger partial charge in [-0.15, -0.1) is 0 Å². The molecule has 1 N–H and O–H groups in total. The van der Waals surface area contributed by atoms with E-state index in [0.29, 0.717) is 6.54 Å². The summed E-state index contributed by atoms with van der Waals surface area (Å²) in [7, 11) is 0. The molecular weight excluding hydrogens is 297 g/mol. The number of halogens is 1. The predicted molar refractivity (Wildman–Crippen MR) is 84.2 cm³/mol. The molecule has 124 valence electrons. The smallest absolute Gasteiger partial charge is 0.318 e. The minimum absolute atomic E-state index is 0.0309. The third-order valence-electron chi connectivity index (χ3n) is 4.86. The number of hydrogen-bond donors (Lipinski definition) is 1. The molecule has 6 heteroatoms. The molecule has 2 saturated heterocycles. The minimum atomic E-state index is -0.440. The Balaban J connectivity index is 1.67. The summed E-state index contributed by atoms with van der Waals surface area (Å²) in [4.78, 5) is 28.5. The molecule has 0 saturated carbocycles. The Morgan fingerprint density at radius 3 is 2.74 bits per heavy atom.